The number of nitrogens with one attached hydrogen (secondary N) is 1. The monoisotopic (exact) mass is 209 g/mol. The molecule has 0 atom stereocenters. The molecular weight excluding hydrogens is 190 g/mol. The van der Waals surface area contributed by atoms with E-state index in [1.165, 1.54) is 0 Å². The van der Waals surface area contributed by atoms with Crippen molar-refractivity contribution in [1.29, 1.82) is 0 Å². The first-order valence-electron chi connectivity index (χ1n) is 5.15. The van der Waals surface area contributed by atoms with Gasteiger partial charge in [0.1, 0.15) is 11.5 Å². The largest absolute Gasteiger partial charge is 0.497 e. The summed E-state index contributed by atoms with van der Waals surface area (Å²) in [7, 11) is 3.58. The van der Waals surface area contributed by atoms with Crippen LogP contribution in [0.5, 0.6) is 11.5 Å². The minimum atomic E-state index is 0.174. The van der Waals surface area contributed by atoms with E-state index in [1.54, 1.807) is 7.11 Å². The molecular formula is C12H19NO2. The Hall–Kier alpha value is -1.22. The molecule has 1 N–H and O–H groups in total. The second-order valence-corrected chi connectivity index (χ2v) is 3.67. The third-order valence-corrected chi connectivity index (χ3v) is 2.00. The van der Waals surface area contributed by atoms with Crippen LogP contribution in [-0.4, -0.2) is 20.3 Å². The van der Waals surface area contributed by atoms with Gasteiger partial charge in [0.25, 0.3) is 0 Å². The van der Waals surface area contributed by atoms with E-state index in [0.717, 1.165) is 23.6 Å². The molecule has 0 heterocycles. The van der Waals surface area contributed by atoms with E-state index in [4.69, 9.17) is 9.47 Å². The minimum absolute atomic E-state index is 0.174. The molecule has 0 aliphatic heterocycles. The molecule has 3 nitrogen and oxygen atoms in total. The maximum absolute atomic E-state index is 5.72. The van der Waals surface area contributed by atoms with Crippen molar-refractivity contribution < 1.29 is 9.47 Å². The van der Waals surface area contributed by atoms with E-state index in [2.05, 4.69) is 5.32 Å². The molecule has 0 bridgehead atoms. The summed E-state index contributed by atoms with van der Waals surface area (Å²) >= 11 is 0. The number of ether oxygens (including phenoxy) is 2. The van der Waals surface area contributed by atoms with Gasteiger partial charge in [-0.05, 0) is 27.0 Å². The Morgan fingerprint density at radius 2 is 2.07 bits per heavy atom. The fourth-order valence-corrected chi connectivity index (χ4v) is 1.36. The number of methoxy groups -OCH3 is 1. The summed E-state index contributed by atoms with van der Waals surface area (Å²) < 4.78 is 10.9. The first-order valence-corrected chi connectivity index (χ1v) is 5.15. The van der Waals surface area contributed by atoms with Crippen LogP contribution in [0, 0.1) is 0 Å². The number of hydrogen-bond acceptors (Lipinski definition) is 3. The summed E-state index contributed by atoms with van der Waals surface area (Å²) in [5.41, 5.74) is 1.15. The molecule has 0 aliphatic rings. The highest BCUT2D eigenvalue weighted by atomic mass is 16.5. The number of benzene rings is 1. The summed E-state index contributed by atoms with van der Waals surface area (Å²) in [5, 5.41) is 3.11. The quantitative estimate of drug-likeness (QED) is 0.806. The van der Waals surface area contributed by atoms with E-state index < -0.39 is 0 Å². The zero-order chi connectivity index (χ0) is 11.3. The van der Waals surface area contributed by atoms with Crippen molar-refractivity contribution in [2.75, 3.05) is 14.2 Å². The molecule has 1 aromatic carbocycles. The predicted molar refractivity (Wildman–Crippen MR) is 61.5 cm³/mol. The molecule has 0 amide bonds. The predicted octanol–water partition coefficient (Wildman–Crippen LogP) is 2.20. The van der Waals surface area contributed by atoms with Crippen LogP contribution >= 0.6 is 0 Å². The summed E-state index contributed by atoms with van der Waals surface area (Å²) in [4.78, 5) is 0. The summed E-state index contributed by atoms with van der Waals surface area (Å²) in [6.45, 7) is 4.83. The van der Waals surface area contributed by atoms with Gasteiger partial charge in [-0.15, -0.1) is 0 Å². The first-order chi connectivity index (χ1) is 7.17. The standard InChI is InChI=1S/C12H19NO2/c1-9(2)15-12-7-11(14-4)6-5-10(12)8-13-3/h5-7,9,13H,8H2,1-4H3. The topological polar surface area (TPSA) is 30.5 Å². The van der Waals surface area contributed by atoms with E-state index in [0.29, 0.717) is 0 Å². The third kappa shape index (κ3) is 3.44. The normalized spacial score (nSPS) is 10.5. The van der Waals surface area contributed by atoms with E-state index in [-0.39, 0.29) is 6.10 Å². The van der Waals surface area contributed by atoms with Crippen molar-refractivity contribution in [3.8, 4) is 11.5 Å². The van der Waals surface area contributed by atoms with Crippen LogP contribution in [0.15, 0.2) is 18.2 Å². The molecule has 0 aromatic heterocycles. The Labute approximate surface area is 91.4 Å². The molecule has 0 aliphatic carbocycles. The molecule has 0 unspecified atom stereocenters. The minimum Gasteiger partial charge on any atom is -0.497 e. The van der Waals surface area contributed by atoms with Crippen molar-refractivity contribution in [3.63, 3.8) is 0 Å². The maximum Gasteiger partial charge on any atom is 0.127 e. The van der Waals surface area contributed by atoms with Gasteiger partial charge in [-0.1, -0.05) is 6.07 Å². The molecule has 0 saturated heterocycles. The van der Waals surface area contributed by atoms with Gasteiger partial charge in [-0.2, -0.15) is 0 Å². The Morgan fingerprint density at radius 1 is 1.33 bits per heavy atom. The zero-order valence-electron chi connectivity index (χ0n) is 9.83. The van der Waals surface area contributed by atoms with Crippen LogP contribution in [-0.2, 0) is 6.54 Å². The molecule has 0 radical (unpaired) electrons. The second kappa shape index (κ2) is 5.61. The van der Waals surface area contributed by atoms with Crippen LogP contribution in [0.4, 0.5) is 0 Å². The van der Waals surface area contributed by atoms with Crippen molar-refractivity contribution in [1.82, 2.24) is 5.32 Å². The third-order valence-electron chi connectivity index (χ3n) is 2.00. The van der Waals surface area contributed by atoms with Crippen LogP contribution in [0.1, 0.15) is 19.4 Å². The summed E-state index contributed by atoms with van der Waals surface area (Å²) in [5.74, 6) is 1.71. The molecule has 0 spiro atoms. The lowest BCUT2D eigenvalue weighted by Gasteiger charge is -2.15. The highest BCUT2D eigenvalue weighted by Crippen LogP contribution is 2.25. The second-order valence-electron chi connectivity index (χ2n) is 3.67. The zero-order valence-corrected chi connectivity index (χ0v) is 9.83. The highest BCUT2D eigenvalue weighted by Gasteiger charge is 2.06. The Morgan fingerprint density at radius 3 is 2.60 bits per heavy atom. The Bertz CT molecular complexity index is 310. The van der Waals surface area contributed by atoms with Gasteiger partial charge in [0.15, 0.2) is 0 Å². The molecule has 84 valence electrons. The Kier molecular flexibility index (Phi) is 4.43. The Balaban J connectivity index is 2.93. The average molecular weight is 209 g/mol. The van der Waals surface area contributed by atoms with Crippen LogP contribution in [0.25, 0.3) is 0 Å². The smallest absolute Gasteiger partial charge is 0.127 e. The van der Waals surface area contributed by atoms with Gasteiger partial charge in [0, 0.05) is 18.2 Å². The van der Waals surface area contributed by atoms with Gasteiger partial charge in [-0.25, -0.2) is 0 Å². The first kappa shape index (κ1) is 11.9. The van der Waals surface area contributed by atoms with E-state index in [1.807, 2.05) is 39.1 Å². The van der Waals surface area contributed by atoms with E-state index in [9.17, 15) is 0 Å². The highest BCUT2D eigenvalue weighted by molar-refractivity contribution is 5.40. The molecule has 3 heteroatoms. The molecule has 0 saturated carbocycles. The van der Waals surface area contributed by atoms with Gasteiger partial charge < -0.3 is 14.8 Å². The van der Waals surface area contributed by atoms with Gasteiger partial charge in [-0.3, -0.25) is 0 Å². The molecule has 15 heavy (non-hydrogen) atoms. The fourth-order valence-electron chi connectivity index (χ4n) is 1.36. The lowest BCUT2D eigenvalue weighted by atomic mass is 10.2. The number of hydrogen-bond donors (Lipinski definition) is 1. The SMILES string of the molecule is CNCc1ccc(OC)cc1OC(C)C. The van der Waals surface area contributed by atoms with Crippen molar-refractivity contribution >= 4 is 0 Å². The van der Waals surface area contributed by atoms with Crippen molar-refractivity contribution in [2.45, 2.75) is 26.5 Å². The molecule has 1 aromatic rings. The van der Waals surface area contributed by atoms with Crippen LogP contribution < -0.4 is 14.8 Å². The summed E-state index contributed by atoms with van der Waals surface area (Å²) in [6.07, 6.45) is 0.174. The number of rotatable bonds is 5. The molecule has 1 rings (SSSR count). The van der Waals surface area contributed by atoms with Crippen LogP contribution in [0.2, 0.25) is 0 Å². The summed E-state index contributed by atoms with van der Waals surface area (Å²) in [6, 6.07) is 5.89. The van der Waals surface area contributed by atoms with Gasteiger partial charge >= 0.3 is 0 Å². The van der Waals surface area contributed by atoms with Gasteiger partial charge in [0.2, 0.25) is 0 Å². The lowest BCUT2D eigenvalue weighted by molar-refractivity contribution is 0.238. The van der Waals surface area contributed by atoms with Crippen molar-refractivity contribution in [2.24, 2.45) is 0 Å². The molecule has 0 fully saturated rings. The fraction of sp³-hybridized carbons (Fsp3) is 0.500. The maximum atomic E-state index is 5.72. The van der Waals surface area contributed by atoms with Gasteiger partial charge in [0.05, 0.1) is 13.2 Å². The van der Waals surface area contributed by atoms with Crippen LogP contribution in [0.3, 0.4) is 0 Å². The van der Waals surface area contributed by atoms with Crippen molar-refractivity contribution in [3.05, 3.63) is 23.8 Å². The average Bonchev–Trinajstić information content (AvgIpc) is 2.20. The van der Waals surface area contributed by atoms with E-state index >= 15 is 0 Å². The lowest BCUT2D eigenvalue weighted by Crippen LogP contribution is -2.11.